The Morgan fingerprint density at radius 2 is 2.09 bits per heavy atom. The minimum absolute atomic E-state index is 0. The molecule has 0 saturated heterocycles. The summed E-state index contributed by atoms with van der Waals surface area (Å²) >= 11 is 1.81. The van der Waals surface area contributed by atoms with E-state index in [9.17, 15) is 0 Å². The van der Waals surface area contributed by atoms with Crippen molar-refractivity contribution < 1.29 is 0 Å². The fraction of sp³-hybridized carbons (Fsp3) is 0.688. The van der Waals surface area contributed by atoms with Gasteiger partial charge in [0.15, 0.2) is 5.96 Å². The molecule has 0 aromatic carbocycles. The number of thiophene rings is 1. The Kier molecular flexibility index (Phi) is 12.9. The molecule has 0 amide bonds. The van der Waals surface area contributed by atoms with Crippen LogP contribution in [0.3, 0.4) is 0 Å². The van der Waals surface area contributed by atoms with Crippen LogP contribution in [0, 0.1) is 0 Å². The maximum atomic E-state index is 4.29. The van der Waals surface area contributed by atoms with Crippen molar-refractivity contribution in [3.63, 3.8) is 0 Å². The number of nitrogens with one attached hydrogen (secondary N) is 2. The molecule has 0 fully saturated rings. The first-order valence-corrected chi connectivity index (χ1v) is 8.79. The van der Waals surface area contributed by atoms with Crippen LogP contribution >= 0.6 is 35.3 Å². The molecule has 2 N–H and O–H groups in total. The van der Waals surface area contributed by atoms with Crippen molar-refractivity contribution in [1.82, 2.24) is 15.5 Å². The number of likely N-dealkylation sites (N-methyl/N-ethyl adjacent to an activating group) is 1. The molecule has 128 valence electrons. The van der Waals surface area contributed by atoms with E-state index in [2.05, 4.69) is 58.8 Å². The largest absolute Gasteiger partial charge is 0.356 e. The molecule has 1 unspecified atom stereocenters. The van der Waals surface area contributed by atoms with Crippen molar-refractivity contribution >= 4 is 41.3 Å². The Bertz CT molecular complexity index is 395. The van der Waals surface area contributed by atoms with Crippen LogP contribution < -0.4 is 10.6 Å². The lowest BCUT2D eigenvalue weighted by atomic mass is 10.1. The van der Waals surface area contributed by atoms with Crippen molar-refractivity contribution in [3.8, 4) is 0 Å². The molecule has 0 bridgehead atoms. The van der Waals surface area contributed by atoms with E-state index in [1.807, 2.05) is 18.4 Å². The summed E-state index contributed by atoms with van der Waals surface area (Å²) in [6.07, 6.45) is 1.21. The normalized spacial score (nSPS) is 12.9. The van der Waals surface area contributed by atoms with E-state index in [1.54, 1.807) is 0 Å². The molecule has 0 aliphatic carbocycles. The van der Waals surface area contributed by atoms with Gasteiger partial charge in [0, 0.05) is 37.5 Å². The molecular weight excluding hydrogens is 407 g/mol. The Hall–Kier alpha value is -0.340. The molecule has 1 heterocycles. The summed E-state index contributed by atoms with van der Waals surface area (Å²) in [5, 5.41) is 8.93. The number of rotatable bonds is 9. The number of hydrogen-bond donors (Lipinski definition) is 2. The van der Waals surface area contributed by atoms with Crippen molar-refractivity contribution in [1.29, 1.82) is 0 Å². The molecule has 6 heteroatoms. The number of aliphatic imine (C=N–C) groups is 1. The van der Waals surface area contributed by atoms with E-state index in [4.69, 9.17) is 0 Å². The van der Waals surface area contributed by atoms with E-state index in [0.717, 1.165) is 32.1 Å². The van der Waals surface area contributed by atoms with Crippen LogP contribution in [0.25, 0.3) is 0 Å². The molecule has 4 nitrogen and oxygen atoms in total. The van der Waals surface area contributed by atoms with Gasteiger partial charge in [0.2, 0.25) is 0 Å². The zero-order valence-electron chi connectivity index (χ0n) is 14.3. The predicted molar refractivity (Wildman–Crippen MR) is 110 cm³/mol. The molecule has 22 heavy (non-hydrogen) atoms. The third-order valence-corrected chi connectivity index (χ3v) is 4.64. The maximum Gasteiger partial charge on any atom is 0.191 e. The van der Waals surface area contributed by atoms with Crippen LogP contribution in [-0.4, -0.2) is 50.6 Å². The van der Waals surface area contributed by atoms with Gasteiger partial charge in [0.05, 0.1) is 0 Å². The van der Waals surface area contributed by atoms with Crippen molar-refractivity contribution in [2.45, 2.75) is 33.1 Å². The van der Waals surface area contributed by atoms with Gasteiger partial charge in [-0.2, -0.15) is 0 Å². The molecule has 0 spiro atoms. The van der Waals surface area contributed by atoms with E-state index >= 15 is 0 Å². The van der Waals surface area contributed by atoms with Gasteiger partial charge in [-0.15, -0.1) is 35.3 Å². The zero-order chi connectivity index (χ0) is 15.5. The van der Waals surface area contributed by atoms with Crippen LogP contribution in [0.1, 0.15) is 38.0 Å². The smallest absolute Gasteiger partial charge is 0.191 e. The third kappa shape index (κ3) is 8.33. The summed E-state index contributed by atoms with van der Waals surface area (Å²) < 4.78 is 0. The van der Waals surface area contributed by atoms with Crippen molar-refractivity contribution in [2.24, 2.45) is 4.99 Å². The first-order valence-electron chi connectivity index (χ1n) is 7.91. The van der Waals surface area contributed by atoms with Crippen LogP contribution in [0.5, 0.6) is 0 Å². The second-order valence-corrected chi connectivity index (χ2v) is 6.21. The summed E-state index contributed by atoms with van der Waals surface area (Å²) in [7, 11) is 1.83. The van der Waals surface area contributed by atoms with Gasteiger partial charge in [0.25, 0.3) is 0 Å². The Morgan fingerprint density at radius 1 is 1.32 bits per heavy atom. The van der Waals surface area contributed by atoms with Gasteiger partial charge in [-0.25, -0.2) is 0 Å². The lowest BCUT2D eigenvalue weighted by molar-refractivity contribution is 0.293. The van der Waals surface area contributed by atoms with Gasteiger partial charge in [-0.3, -0.25) is 4.99 Å². The average molecular weight is 438 g/mol. The molecule has 0 aliphatic rings. The fourth-order valence-electron chi connectivity index (χ4n) is 2.22. The molecule has 1 rings (SSSR count). The highest BCUT2D eigenvalue weighted by molar-refractivity contribution is 14.0. The zero-order valence-corrected chi connectivity index (χ0v) is 17.4. The highest BCUT2D eigenvalue weighted by atomic mass is 127. The van der Waals surface area contributed by atoms with E-state index in [0.29, 0.717) is 5.92 Å². The van der Waals surface area contributed by atoms with Crippen LogP contribution in [0.4, 0.5) is 0 Å². The molecule has 0 radical (unpaired) electrons. The molecule has 1 atom stereocenters. The molecule has 1 aromatic heterocycles. The molecule has 1 aromatic rings. The first-order chi connectivity index (χ1) is 10.2. The predicted octanol–water partition coefficient (Wildman–Crippen LogP) is 3.37. The Balaban J connectivity index is 0.00000441. The summed E-state index contributed by atoms with van der Waals surface area (Å²) in [4.78, 5) is 8.16. The van der Waals surface area contributed by atoms with Gasteiger partial charge in [0.1, 0.15) is 0 Å². The van der Waals surface area contributed by atoms with Gasteiger partial charge in [-0.05, 0) is 31.0 Å². The number of halogens is 1. The van der Waals surface area contributed by atoms with Crippen LogP contribution in [0.15, 0.2) is 22.5 Å². The maximum absolute atomic E-state index is 4.29. The SMILES string of the molecule is CCCN(CC)CCNC(=NC)NCC(C)c1cccs1.I. The summed E-state index contributed by atoms with van der Waals surface area (Å²) in [5.74, 6) is 1.40. The highest BCUT2D eigenvalue weighted by Crippen LogP contribution is 2.19. The van der Waals surface area contributed by atoms with Gasteiger partial charge in [-0.1, -0.05) is 26.8 Å². The van der Waals surface area contributed by atoms with Crippen molar-refractivity contribution in [3.05, 3.63) is 22.4 Å². The number of nitrogens with zero attached hydrogens (tertiary/aromatic N) is 2. The fourth-order valence-corrected chi connectivity index (χ4v) is 3.01. The minimum Gasteiger partial charge on any atom is -0.356 e. The Morgan fingerprint density at radius 3 is 2.64 bits per heavy atom. The molecular formula is C16H31IN4S. The monoisotopic (exact) mass is 438 g/mol. The second-order valence-electron chi connectivity index (χ2n) is 5.23. The van der Waals surface area contributed by atoms with Crippen LogP contribution in [0.2, 0.25) is 0 Å². The molecule has 0 saturated carbocycles. The summed E-state index contributed by atoms with van der Waals surface area (Å²) in [6, 6.07) is 4.30. The lowest BCUT2D eigenvalue weighted by Crippen LogP contribution is -2.42. The first kappa shape index (κ1) is 21.7. The summed E-state index contributed by atoms with van der Waals surface area (Å²) in [6.45, 7) is 11.9. The molecule has 0 aliphatic heterocycles. The number of guanidine groups is 1. The number of hydrogen-bond acceptors (Lipinski definition) is 3. The Labute approximate surface area is 156 Å². The van der Waals surface area contributed by atoms with Crippen molar-refractivity contribution in [2.75, 3.05) is 39.8 Å². The van der Waals surface area contributed by atoms with Gasteiger partial charge < -0.3 is 15.5 Å². The lowest BCUT2D eigenvalue weighted by Gasteiger charge is -2.21. The van der Waals surface area contributed by atoms with E-state index < -0.39 is 0 Å². The minimum atomic E-state index is 0. The average Bonchev–Trinajstić information content (AvgIpc) is 3.03. The van der Waals surface area contributed by atoms with E-state index in [-0.39, 0.29) is 24.0 Å². The quantitative estimate of drug-likeness (QED) is 0.353. The third-order valence-electron chi connectivity index (χ3n) is 3.54. The van der Waals surface area contributed by atoms with Gasteiger partial charge >= 0.3 is 0 Å². The highest BCUT2D eigenvalue weighted by Gasteiger charge is 2.07. The van der Waals surface area contributed by atoms with Crippen LogP contribution in [-0.2, 0) is 0 Å². The van der Waals surface area contributed by atoms with E-state index in [1.165, 1.54) is 17.8 Å². The topological polar surface area (TPSA) is 39.7 Å². The summed E-state index contributed by atoms with van der Waals surface area (Å²) in [5.41, 5.74) is 0. The standard InChI is InChI=1S/C16H30N4S.HI/c1-5-10-20(6-2)11-9-18-16(17-4)19-13-14(3)15-8-7-12-21-15;/h7-8,12,14H,5-6,9-11,13H2,1-4H3,(H2,17,18,19);1H. The second kappa shape index (κ2) is 13.1.